The van der Waals surface area contributed by atoms with Crippen molar-refractivity contribution >= 4 is 5.69 Å². The van der Waals surface area contributed by atoms with Gasteiger partial charge in [0.15, 0.2) is 0 Å². The molecule has 76 valence electrons. The lowest BCUT2D eigenvalue weighted by Crippen LogP contribution is -2.37. The highest BCUT2D eigenvalue weighted by atomic mass is 16.5. The minimum atomic E-state index is 0.494. The summed E-state index contributed by atoms with van der Waals surface area (Å²) in [6, 6.07) is 4.02. The van der Waals surface area contributed by atoms with E-state index in [1.54, 1.807) is 6.20 Å². The van der Waals surface area contributed by atoms with E-state index in [4.69, 9.17) is 10.5 Å². The van der Waals surface area contributed by atoms with Crippen LogP contribution in [0.25, 0.3) is 0 Å². The number of rotatable bonds is 2. The Morgan fingerprint density at radius 3 is 2.93 bits per heavy atom. The summed E-state index contributed by atoms with van der Waals surface area (Å²) in [6.07, 6.45) is 1.78. The van der Waals surface area contributed by atoms with Crippen LogP contribution in [0.2, 0.25) is 0 Å². The topological polar surface area (TPSA) is 51.4 Å². The summed E-state index contributed by atoms with van der Waals surface area (Å²) in [5.41, 5.74) is 7.76. The zero-order valence-electron chi connectivity index (χ0n) is 8.15. The van der Waals surface area contributed by atoms with Gasteiger partial charge in [-0.3, -0.25) is 4.98 Å². The monoisotopic (exact) mass is 193 g/mol. The fraction of sp³-hybridized carbons (Fsp3) is 0.500. The second kappa shape index (κ2) is 4.39. The Bertz CT molecular complexity index is 297. The SMILES string of the molecule is NCc1ncccc1N1CCOCC1. The molecule has 0 atom stereocenters. The zero-order valence-corrected chi connectivity index (χ0v) is 8.15. The van der Waals surface area contributed by atoms with Gasteiger partial charge in [0, 0.05) is 25.8 Å². The Morgan fingerprint density at radius 2 is 2.21 bits per heavy atom. The first-order chi connectivity index (χ1) is 6.92. The normalized spacial score (nSPS) is 17.1. The molecule has 1 aromatic heterocycles. The van der Waals surface area contributed by atoms with Gasteiger partial charge in [0.1, 0.15) is 0 Å². The molecule has 1 saturated heterocycles. The van der Waals surface area contributed by atoms with Crippen molar-refractivity contribution in [3.63, 3.8) is 0 Å². The number of hydrogen-bond acceptors (Lipinski definition) is 4. The lowest BCUT2D eigenvalue weighted by atomic mass is 10.2. The van der Waals surface area contributed by atoms with Crippen molar-refractivity contribution in [1.29, 1.82) is 0 Å². The van der Waals surface area contributed by atoms with Gasteiger partial charge in [-0.2, -0.15) is 0 Å². The Labute approximate surface area is 83.7 Å². The number of nitrogens with two attached hydrogens (primary N) is 1. The minimum Gasteiger partial charge on any atom is -0.378 e. The summed E-state index contributed by atoms with van der Waals surface area (Å²) in [5, 5.41) is 0. The highest BCUT2D eigenvalue weighted by molar-refractivity contribution is 5.50. The quantitative estimate of drug-likeness (QED) is 0.737. The van der Waals surface area contributed by atoms with Gasteiger partial charge in [-0.1, -0.05) is 0 Å². The van der Waals surface area contributed by atoms with E-state index in [2.05, 4.69) is 16.0 Å². The summed E-state index contributed by atoms with van der Waals surface area (Å²) in [4.78, 5) is 6.54. The Kier molecular flexibility index (Phi) is 2.96. The Balaban J connectivity index is 2.20. The highest BCUT2D eigenvalue weighted by Gasteiger charge is 2.13. The molecule has 2 heterocycles. The molecule has 0 bridgehead atoms. The third-order valence-electron chi connectivity index (χ3n) is 2.41. The van der Waals surface area contributed by atoms with Crippen LogP contribution in [-0.4, -0.2) is 31.3 Å². The number of pyridine rings is 1. The van der Waals surface area contributed by atoms with E-state index in [9.17, 15) is 0 Å². The predicted octanol–water partition coefficient (Wildman–Crippen LogP) is 0.377. The van der Waals surface area contributed by atoms with Gasteiger partial charge in [-0.25, -0.2) is 0 Å². The molecule has 0 saturated carbocycles. The van der Waals surface area contributed by atoms with E-state index in [0.29, 0.717) is 6.54 Å². The van der Waals surface area contributed by atoms with Crippen LogP contribution in [0.1, 0.15) is 5.69 Å². The number of hydrogen-bond donors (Lipinski definition) is 1. The fourth-order valence-corrected chi connectivity index (χ4v) is 1.68. The van der Waals surface area contributed by atoms with Gasteiger partial charge in [0.2, 0.25) is 0 Å². The van der Waals surface area contributed by atoms with Crippen molar-refractivity contribution in [1.82, 2.24) is 4.98 Å². The molecule has 2 N–H and O–H groups in total. The van der Waals surface area contributed by atoms with E-state index in [1.165, 1.54) is 0 Å². The molecule has 0 spiro atoms. The van der Waals surface area contributed by atoms with Crippen molar-refractivity contribution < 1.29 is 4.74 Å². The van der Waals surface area contributed by atoms with Crippen molar-refractivity contribution in [2.75, 3.05) is 31.2 Å². The van der Waals surface area contributed by atoms with Crippen LogP contribution < -0.4 is 10.6 Å². The maximum absolute atomic E-state index is 5.64. The molecule has 0 amide bonds. The van der Waals surface area contributed by atoms with E-state index < -0.39 is 0 Å². The zero-order chi connectivity index (χ0) is 9.80. The average molecular weight is 193 g/mol. The van der Waals surface area contributed by atoms with E-state index in [0.717, 1.165) is 37.7 Å². The molecular weight excluding hydrogens is 178 g/mol. The van der Waals surface area contributed by atoms with Crippen LogP contribution in [0.3, 0.4) is 0 Å². The fourth-order valence-electron chi connectivity index (χ4n) is 1.68. The van der Waals surface area contributed by atoms with Gasteiger partial charge in [0.05, 0.1) is 24.6 Å². The third kappa shape index (κ3) is 1.86. The van der Waals surface area contributed by atoms with Gasteiger partial charge in [0.25, 0.3) is 0 Å². The first kappa shape index (κ1) is 9.43. The highest BCUT2D eigenvalue weighted by Crippen LogP contribution is 2.18. The maximum atomic E-state index is 5.64. The van der Waals surface area contributed by atoms with Crippen molar-refractivity contribution in [2.45, 2.75) is 6.54 Å². The summed E-state index contributed by atoms with van der Waals surface area (Å²) in [7, 11) is 0. The predicted molar refractivity (Wildman–Crippen MR) is 55.2 cm³/mol. The second-order valence-electron chi connectivity index (χ2n) is 3.27. The lowest BCUT2D eigenvalue weighted by molar-refractivity contribution is 0.122. The van der Waals surface area contributed by atoms with Crippen LogP contribution in [0, 0.1) is 0 Å². The molecule has 1 aliphatic rings. The van der Waals surface area contributed by atoms with E-state index >= 15 is 0 Å². The molecule has 1 aliphatic heterocycles. The Hall–Kier alpha value is -1.13. The molecule has 0 radical (unpaired) electrons. The largest absolute Gasteiger partial charge is 0.378 e. The van der Waals surface area contributed by atoms with Crippen molar-refractivity contribution in [3.8, 4) is 0 Å². The van der Waals surface area contributed by atoms with Gasteiger partial charge in [-0.15, -0.1) is 0 Å². The summed E-state index contributed by atoms with van der Waals surface area (Å²) in [5.74, 6) is 0. The van der Waals surface area contributed by atoms with Crippen LogP contribution >= 0.6 is 0 Å². The number of anilines is 1. The minimum absolute atomic E-state index is 0.494. The molecular formula is C10H15N3O. The molecule has 1 fully saturated rings. The third-order valence-corrected chi connectivity index (χ3v) is 2.41. The summed E-state index contributed by atoms with van der Waals surface area (Å²) in [6.45, 7) is 3.93. The molecule has 0 aromatic carbocycles. The van der Waals surface area contributed by atoms with Gasteiger partial charge < -0.3 is 15.4 Å². The second-order valence-corrected chi connectivity index (χ2v) is 3.27. The number of ether oxygens (including phenoxy) is 1. The molecule has 4 heteroatoms. The van der Waals surface area contributed by atoms with Crippen LogP contribution in [0.4, 0.5) is 5.69 Å². The lowest BCUT2D eigenvalue weighted by Gasteiger charge is -2.29. The standard InChI is InChI=1S/C10H15N3O/c11-8-9-10(2-1-3-12-9)13-4-6-14-7-5-13/h1-3H,4-8,11H2. The van der Waals surface area contributed by atoms with Crippen LogP contribution in [0.15, 0.2) is 18.3 Å². The molecule has 1 aromatic rings. The molecule has 2 rings (SSSR count). The number of nitrogens with zero attached hydrogens (tertiary/aromatic N) is 2. The Morgan fingerprint density at radius 1 is 1.43 bits per heavy atom. The molecule has 4 nitrogen and oxygen atoms in total. The van der Waals surface area contributed by atoms with E-state index in [-0.39, 0.29) is 0 Å². The summed E-state index contributed by atoms with van der Waals surface area (Å²) >= 11 is 0. The van der Waals surface area contributed by atoms with E-state index in [1.807, 2.05) is 6.07 Å². The molecule has 14 heavy (non-hydrogen) atoms. The van der Waals surface area contributed by atoms with Crippen molar-refractivity contribution in [2.24, 2.45) is 5.73 Å². The smallest absolute Gasteiger partial charge is 0.0772 e. The maximum Gasteiger partial charge on any atom is 0.0772 e. The molecule has 0 aliphatic carbocycles. The number of aromatic nitrogens is 1. The van der Waals surface area contributed by atoms with Crippen molar-refractivity contribution in [3.05, 3.63) is 24.0 Å². The summed E-state index contributed by atoms with van der Waals surface area (Å²) < 4.78 is 5.30. The first-order valence-electron chi connectivity index (χ1n) is 4.88. The van der Waals surface area contributed by atoms with Crippen LogP contribution in [0.5, 0.6) is 0 Å². The number of morpholine rings is 1. The van der Waals surface area contributed by atoms with Gasteiger partial charge in [-0.05, 0) is 12.1 Å². The molecule has 0 unspecified atom stereocenters. The average Bonchev–Trinajstić information content (AvgIpc) is 2.30. The van der Waals surface area contributed by atoms with Gasteiger partial charge >= 0.3 is 0 Å². The van der Waals surface area contributed by atoms with Crippen LogP contribution in [-0.2, 0) is 11.3 Å². The first-order valence-corrected chi connectivity index (χ1v) is 4.88.